The Labute approximate surface area is 255 Å². The monoisotopic (exact) mass is 608 g/mol. The number of aliphatic hydroxyl groups excluding tert-OH is 2. The van der Waals surface area contributed by atoms with Gasteiger partial charge >= 0.3 is 23.9 Å². The van der Waals surface area contributed by atoms with E-state index in [0.717, 1.165) is 32.1 Å². The Balaban J connectivity index is 1.64. The molecular weight excluding hydrogens is 556 g/mol. The van der Waals surface area contributed by atoms with Crippen molar-refractivity contribution in [3.8, 4) is 0 Å². The number of esters is 3. The van der Waals surface area contributed by atoms with Crippen molar-refractivity contribution in [2.24, 2.45) is 46.3 Å². The van der Waals surface area contributed by atoms with Gasteiger partial charge in [0.15, 0.2) is 0 Å². The Morgan fingerprint density at radius 2 is 1.47 bits per heavy atom. The summed E-state index contributed by atoms with van der Waals surface area (Å²) in [4.78, 5) is 47.7. The van der Waals surface area contributed by atoms with E-state index in [4.69, 9.17) is 19.3 Å². The van der Waals surface area contributed by atoms with Gasteiger partial charge < -0.3 is 29.5 Å². The van der Waals surface area contributed by atoms with Crippen molar-refractivity contribution in [2.45, 2.75) is 136 Å². The number of carboxylic acids is 1. The minimum absolute atomic E-state index is 0.00974. The molecule has 0 bridgehead atoms. The summed E-state index contributed by atoms with van der Waals surface area (Å²) in [5, 5.41) is 29.9. The second-order valence-corrected chi connectivity index (χ2v) is 14.6. The van der Waals surface area contributed by atoms with Crippen LogP contribution in [0.25, 0.3) is 0 Å². The number of fused-ring (bicyclic) bond motifs is 5. The predicted octanol–water partition coefficient (Wildman–Crippen LogP) is 4.27. The maximum atomic E-state index is 12.5. The minimum Gasteiger partial charge on any atom is -0.481 e. The van der Waals surface area contributed by atoms with Crippen LogP contribution in [0.5, 0.6) is 0 Å². The van der Waals surface area contributed by atoms with E-state index in [1.54, 1.807) is 0 Å². The molecule has 0 amide bonds. The highest BCUT2D eigenvalue weighted by molar-refractivity contribution is 5.67. The van der Waals surface area contributed by atoms with Gasteiger partial charge in [-0.1, -0.05) is 20.8 Å². The molecule has 4 saturated carbocycles. The lowest BCUT2D eigenvalue weighted by atomic mass is 9.43. The van der Waals surface area contributed by atoms with Crippen molar-refractivity contribution >= 4 is 23.9 Å². The summed E-state index contributed by atoms with van der Waals surface area (Å²) in [6.07, 6.45) is 2.72. The van der Waals surface area contributed by atoms with Crippen molar-refractivity contribution < 1.29 is 48.7 Å². The molecule has 0 spiro atoms. The third kappa shape index (κ3) is 6.90. The molecule has 43 heavy (non-hydrogen) atoms. The molecule has 4 aliphatic carbocycles. The van der Waals surface area contributed by atoms with Crippen LogP contribution in [0.15, 0.2) is 0 Å². The maximum Gasteiger partial charge on any atom is 0.305 e. The summed E-state index contributed by atoms with van der Waals surface area (Å²) in [7, 11) is 0. The Kier molecular flexibility index (Phi) is 10.2. The van der Waals surface area contributed by atoms with Crippen LogP contribution >= 0.6 is 0 Å². The quantitative estimate of drug-likeness (QED) is 0.242. The van der Waals surface area contributed by atoms with Crippen LogP contribution < -0.4 is 0 Å². The fourth-order valence-electron chi connectivity index (χ4n) is 10.4. The van der Waals surface area contributed by atoms with Crippen LogP contribution in [0.1, 0.15) is 106 Å². The van der Waals surface area contributed by atoms with Crippen molar-refractivity contribution in [2.75, 3.05) is 0 Å². The molecule has 4 fully saturated rings. The third-order valence-corrected chi connectivity index (χ3v) is 12.0. The molecule has 0 aromatic carbocycles. The largest absolute Gasteiger partial charge is 0.481 e. The number of carboxylic acid groups (broad SMARTS) is 1. The van der Waals surface area contributed by atoms with E-state index in [2.05, 4.69) is 20.8 Å². The molecule has 10 heteroatoms. The Bertz CT molecular complexity index is 1060. The number of aliphatic hydroxyl groups is 2. The van der Waals surface area contributed by atoms with Crippen molar-refractivity contribution in [3.05, 3.63) is 0 Å². The number of carbonyl (C=O) groups is 4. The van der Waals surface area contributed by atoms with Gasteiger partial charge in [-0.3, -0.25) is 19.2 Å². The normalized spacial score (nSPS) is 40.6. The molecule has 0 aliphatic heterocycles. The summed E-state index contributed by atoms with van der Waals surface area (Å²) < 4.78 is 17.9. The lowest BCUT2D eigenvalue weighted by Crippen LogP contribution is -2.63. The molecule has 0 aromatic rings. The molecule has 2 unspecified atom stereocenters. The second kappa shape index (κ2) is 13.0. The van der Waals surface area contributed by atoms with Gasteiger partial charge in [-0.05, 0) is 92.8 Å². The van der Waals surface area contributed by atoms with E-state index in [-0.39, 0.29) is 83.6 Å². The smallest absolute Gasteiger partial charge is 0.305 e. The highest BCUT2D eigenvalue weighted by Crippen LogP contribution is 2.69. The molecule has 4 rings (SSSR count). The lowest BCUT2D eigenvalue weighted by molar-refractivity contribution is -0.224. The fourth-order valence-corrected chi connectivity index (χ4v) is 10.4. The molecule has 13 atom stereocenters. The van der Waals surface area contributed by atoms with Gasteiger partial charge in [0.25, 0.3) is 0 Å². The average molecular weight is 609 g/mol. The van der Waals surface area contributed by atoms with E-state index >= 15 is 0 Å². The first-order chi connectivity index (χ1) is 20.1. The zero-order chi connectivity index (χ0) is 31.9. The first-order valence-electron chi connectivity index (χ1n) is 16.2. The average Bonchev–Trinajstić information content (AvgIpc) is 3.22. The molecule has 0 heterocycles. The minimum atomic E-state index is -1.12. The third-order valence-electron chi connectivity index (χ3n) is 12.0. The van der Waals surface area contributed by atoms with Crippen LogP contribution in [-0.4, -0.2) is 69.7 Å². The molecule has 0 radical (unpaired) electrons. The van der Waals surface area contributed by atoms with Crippen LogP contribution in [0, 0.1) is 46.3 Å². The zero-order valence-corrected chi connectivity index (χ0v) is 26.6. The number of ether oxygens (including phenoxy) is 3. The van der Waals surface area contributed by atoms with Crippen molar-refractivity contribution in [1.29, 1.82) is 0 Å². The van der Waals surface area contributed by atoms with E-state index in [9.17, 15) is 29.4 Å². The Morgan fingerprint density at radius 1 is 0.814 bits per heavy atom. The Hall–Kier alpha value is -2.20. The number of hydrogen-bond acceptors (Lipinski definition) is 9. The van der Waals surface area contributed by atoms with Crippen LogP contribution in [0.4, 0.5) is 0 Å². The lowest BCUT2D eigenvalue weighted by Gasteiger charge is -2.64. The molecule has 244 valence electrons. The standard InChI is InChI=1S/C33H52O10/c1-17(11-22(37)14-23(38)15-30(39)40)25-7-8-26-31-27(16-29(33(25,26)6)43-20(4)36)32(5)10-9-24(41-18(2)34)12-21(32)13-28(31)42-19(3)35/h17,21-29,31,37-38H,7-16H2,1-6H3,(H,39,40)/t17-,21+,22?,23?,24-,25-,26+,27+,28-,29+,31+,32+,33-/m1/s1. The summed E-state index contributed by atoms with van der Waals surface area (Å²) >= 11 is 0. The van der Waals surface area contributed by atoms with Gasteiger partial charge in [-0.25, -0.2) is 0 Å². The SMILES string of the molecule is CC(=O)O[C@@H]1CC[C@@]2(C)[C@@H](C1)C[C@@H](OC(C)=O)[C@@H]1[C@@H]2C[C@H](OC(C)=O)[C@]2(C)[C@@H]([C@H](C)CC(O)CC(O)CC(=O)O)CC[C@@H]12. The number of hydrogen-bond donors (Lipinski definition) is 3. The van der Waals surface area contributed by atoms with Crippen molar-refractivity contribution in [3.63, 3.8) is 0 Å². The van der Waals surface area contributed by atoms with E-state index in [1.807, 2.05) is 0 Å². The highest BCUT2D eigenvalue weighted by atomic mass is 16.6. The number of aliphatic carboxylic acids is 1. The van der Waals surface area contributed by atoms with E-state index in [0.29, 0.717) is 19.3 Å². The second-order valence-electron chi connectivity index (χ2n) is 14.6. The van der Waals surface area contributed by atoms with Gasteiger partial charge in [0.2, 0.25) is 0 Å². The number of rotatable bonds is 10. The topological polar surface area (TPSA) is 157 Å². The molecule has 0 aromatic heterocycles. The van der Waals surface area contributed by atoms with E-state index in [1.165, 1.54) is 20.8 Å². The first-order valence-corrected chi connectivity index (χ1v) is 16.2. The summed E-state index contributed by atoms with van der Waals surface area (Å²) in [5.41, 5.74) is -0.500. The summed E-state index contributed by atoms with van der Waals surface area (Å²) in [6.45, 7) is 11.0. The van der Waals surface area contributed by atoms with Gasteiger partial charge in [0.05, 0.1) is 18.6 Å². The van der Waals surface area contributed by atoms with Crippen LogP contribution in [0.2, 0.25) is 0 Å². The van der Waals surface area contributed by atoms with Gasteiger partial charge in [-0.15, -0.1) is 0 Å². The maximum absolute atomic E-state index is 12.5. The molecule has 4 aliphatic rings. The van der Waals surface area contributed by atoms with Crippen LogP contribution in [0.3, 0.4) is 0 Å². The molecular formula is C33H52O10. The summed E-state index contributed by atoms with van der Waals surface area (Å²) in [5.74, 6) is -1.32. The van der Waals surface area contributed by atoms with Gasteiger partial charge in [-0.2, -0.15) is 0 Å². The van der Waals surface area contributed by atoms with Gasteiger partial charge in [0, 0.05) is 32.1 Å². The van der Waals surface area contributed by atoms with Gasteiger partial charge in [0.1, 0.15) is 18.3 Å². The number of carbonyl (C=O) groups excluding carboxylic acids is 3. The molecule has 10 nitrogen and oxygen atoms in total. The zero-order valence-electron chi connectivity index (χ0n) is 26.6. The summed E-state index contributed by atoms with van der Waals surface area (Å²) in [6, 6.07) is 0. The van der Waals surface area contributed by atoms with Crippen molar-refractivity contribution in [1.82, 2.24) is 0 Å². The highest BCUT2D eigenvalue weighted by Gasteiger charge is 2.67. The van der Waals surface area contributed by atoms with Crippen LogP contribution in [-0.2, 0) is 33.4 Å². The Morgan fingerprint density at radius 3 is 2.07 bits per heavy atom. The first kappa shape index (κ1) is 33.7. The molecule has 3 N–H and O–H groups in total. The fraction of sp³-hybridized carbons (Fsp3) is 0.879. The molecule has 0 saturated heterocycles. The predicted molar refractivity (Wildman–Crippen MR) is 155 cm³/mol. The van der Waals surface area contributed by atoms with E-state index < -0.39 is 30.0 Å².